The Bertz CT molecular complexity index is 264. The summed E-state index contributed by atoms with van der Waals surface area (Å²) < 4.78 is 5.69. The van der Waals surface area contributed by atoms with Crippen molar-refractivity contribution in [2.75, 3.05) is 19.8 Å². The second-order valence-corrected chi connectivity index (χ2v) is 7.14. The van der Waals surface area contributed by atoms with Gasteiger partial charge in [-0.1, -0.05) is 25.7 Å². The molecule has 0 aliphatic heterocycles. The van der Waals surface area contributed by atoms with Crippen molar-refractivity contribution in [2.24, 2.45) is 17.8 Å². The van der Waals surface area contributed by atoms with Gasteiger partial charge in [-0.25, -0.2) is 0 Å². The van der Waals surface area contributed by atoms with Crippen LogP contribution in [-0.2, 0) is 4.74 Å². The molecule has 110 valence electrons. The van der Waals surface area contributed by atoms with Crippen LogP contribution in [-0.4, -0.2) is 25.8 Å². The van der Waals surface area contributed by atoms with Crippen LogP contribution in [0.5, 0.6) is 0 Å². The topological polar surface area (TPSA) is 21.3 Å². The zero-order valence-electron chi connectivity index (χ0n) is 12.4. The third-order valence-electron chi connectivity index (χ3n) is 5.49. The van der Waals surface area contributed by atoms with Crippen molar-refractivity contribution in [3.05, 3.63) is 0 Å². The fraction of sp³-hybridized carbons (Fsp3) is 1.00. The normalized spacial score (nSPS) is 35.1. The lowest BCUT2D eigenvalue weighted by molar-refractivity contribution is 0.116. The highest BCUT2D eigenvalue weighted by molar-refractivity contribution is 4.86. The van der Waals surface area contributed by atoms with Gasteiger partial charge in [0, 0.05) is 19.3 Å². The second kappa shape index (κ2) is 7.08. The molecule has 2 nitrogen and oxygen atoms in total. The lowest BCUT2D eigenvalue weighted by atomic mass is 9.69. The zero-order valence-corrected chi connectivity index (χ0v) is 12.4. The summed E-state index contributed by atoms with van der Waals surface area (Å²) in [6.07, 6.45) is 14.4. The summed E-state index contributed by atoms with van der Waals surface area (Å²) >= 11 is 0. The van der Waals surface area contributed by atoms with Gasteiger partial charge in [-0.05, 0) is 62.8 Å². The molecule has 0 radical (unpaired) electrons. The van der Waals surface area contributed by atoms with E-state index in [2.05, 4.69) is 5.32 Å². The van der Waals surface area contributed by atoms with Gasteiger partial charge in [-0.3, -0.25) is 0 Å². The Kier molecular flexibility index (Phi) is 5.17. The SMILES string of the molecule is C(CNC1CCC2CCCCC2C1)COCC1CC1. The second-order valence-electron chi connectivity index (χ2n) is 7.14. The maximum atomic E-state index is 5.69. The number of rotatable bonds is 7. The fourth-order valence-corrected chi connectivity index (χ4v) is 4.07. The Balaban J connectivity index is 1.24. The van der Waals surface area contributed by atoms with Crippen molar-refractivity contribution < 1.29 is 4.74 Å². The van der Waals surface area contributed by atoms with E-state index in [1.54, 1.807) is 0 Å². The highest BCUT2D eigenvalue weighted by Gasteiger charge is 2.31. The molecule has 0 bridgehead atoms. The number of nitrogens with one attached hydrogen (secondary N) is 1. The van der Waals surface area contributed by atoms with Gasteiger partial charge in [-0.2, -0.15) is 0 Å². The van der Waals surface area contributed by atoms with E-state index >= 15 is 0 Å². The molecule has 3 unspecified atom stereocenters. The molecule has 3 saturated carbocycles. The molecular formula is C17H31NO. The minimum atomic E-state index is 0.808. The molecule has 0 aromatic rings. The molecule has 1 N–H and O–H groups in total. The standard InChI is InChI=1S/C17H31NO/c1-2-5-16-12-17(9-8-15(16)4-1)18-10-3-11-19-13-14-6-7-14/h14-18H,1-13H2. The molecule has 3 aliphatic carbocycles. The summed E-state index contributed by atoms with van der Waals surface area (Å²) in [5.41, 5.74) is 0. The average molecular weight is 265 g/mol. The molecule has 19 heavy (non-hydrogen) atoms. The van der Waals surface area contributed by atoms with E-state index in [0.717, 1.165) is 43.6 Å². The Hall–Kier alpha value is -0.0800. The lowest BCUT2D eigenvalue weighted by Gasteiger charge is -2.39. The summed E-state index contributed by atoms with van der Waals surface area (Å²) in [6.45, 7) is 3.14. The summed E-state index contributed by atoms with van der Waals surface area (Å²) in [5.74, 6) is 3.04. The molecule has 0 saturated heterocycles. The average Bonchev–Trinajstić information content (AvgIpc) is 3.27. The van der Waals surface area contributed by atoms with Crippen molar-refractivity contribution in [1.82, 2.24) is 5.32 Å². The Labute approximate surface area is 118 Å². The first kappa shape index (κ1) is 13.9. The van der Waals surface area contributed by atoms with E-state index in [9.17, 15) is 0 Å². The van der Waals surface area contributed by atoms with Gasteiger partial charge in [-0.15, -0.1) is 0 Å². The van der Waals surface area contributed by atoms with E-state index in [-0.39, 0.29) is 0 Å². The molecule has 3 rings (SSSR count). The molecule has 0 heterocycles. The van der Waals surface area contributed by atoms with Crippen molar-refractivity contribution in [1.29, 1.82) is 0 Å². The summed E-state index contributed by atoms with van der Waals surface area (Å²) in [7, 11) is 0. The maximum absolute atomic E-state index is 5.69. The van der Waals surface area contributed by atoms with Gasteiger partial charge in [0.1, 0.15) is 0 Å². The van der Waals surface area contributed by atoms with Gasteiger partial charge >= 0.3 is 0 Å². The van der Waals surface area contributed by atoms with Gasteiger partial charge in [0.05, 0.1) is 0 Å². The zero-order chi connectivity index (χ0) is 12.9. The number of fused-ring (bicyclic) bond motifs is 1. The highest BCUT2D eigenvalue weighted by atomic mass is 16.5. The molecule has 3 atom stereocenters. The molecule has 0 spiro atoms. The van der Waals surface area contributed by atoms with Crippen molar-refractivity contribution >= 4 is 0 Å². The molecule has 0 amide bonds. The van der Waals surface area contributed by atoms with Gasteiger partial charge in [0.2, 0.25) is 0 Å². The van der Waals surface area contributed by atoms with Crippen LogP contribution in [0.15, 0.2) is 0 Å². The van der Waals surface area contributed by atoms with Gasteiger partial charge in [0.15, 0.2) is 0 Å². The predicted octanol–water partition coefficient (Wildman–Crippen LogP) is 3.75. The van der Waals surface area contributed by atoms with E-state index in [1.165, 1.54) is 64.2 Å². The van der Waals surface area contributed by atoms with Crippen LogP contribution in [0.3, 0.4) is 0 Å². The number of ether oxygens (including phenoxy) is 1. The van der Waals surface area contributed by atoms with Gasteiger partial charge in [0.25, 0.3) is 0 Å². The van der Waals surface area contributed by atoms with Crippen LogP contribution in [0.25, 0.3) is 0 Å². The molecule has 3 fully saturated rings. The molecular weight excluding hydrogens is 234 g/mol. The van der Waals surface area contributed by atoms with E-state index < -0.39 is 0 Å². The van der Waals surface area contributed by atoms with Crippen LogP contribution in [0.4, 0.5) is 0 Å². The first-order chi connectivity index (χ1) is 9.42. The number of hydrogen-bond acceptors (Lipinski definition) is 2. The Morgan fingerprint density at radius 1 is 0.895 bits per heavy atom. The van der Waals surface area contributed by atoms with E-state index in [0.29, 0.717) is 0 Å². The minimum absolute atomic E-state index is 0.808. The summed E-state index contributed by atoms with van der Waals surface area (Å²) in [4.78, 5) is 0. The summed E-state index contributed by atoms with van der Waals surface area (Å²) in [6, 6.07) is 0.808. The molecule has 2 heteroatoms. The van der Waals surface area contributed by atoms with Crippen molar-refractivity contribution in [3.8, 4) is 0 Å². The molecule has 0 aromatic carbocycles. The van der Waals surface area contributed by atoms with Crippen LogP contribution < -0.4 is 5.32 Å². The highest BCUT2D eigenvalue weighted by Crippen LogP contribution is 2.40. The largest absolute Gasteiger partial charge is 0.381 e. The van der Waals surface area contributed by atoms with E-state index in [4.69, 9.17) is 4.74 Å². The Morgan fingerprint density at radius 3 is 2.58 bits per heavy atom. The third kappa shape index (κ3) is 4.46. The van der Waals surface area contributed by atoms with Crippen molar-refractivity contribution in [2.45, 2.75) is 70.3 Å². The van der Waals surface area contributed by atoms with E-state index in [1.807, 2.05) is 0 Å². The quantitative estimate of drug-likeness (QED) is 0.708. The molecule has 0 aromatic heterocycles. The predicted molar refractivity (Wildman–Crippen MR) is 79.2 cm³/mol. The van der Waals surface area contributed by atoms with Crippen LogP contribution in [0, 0.1) is 17.8 Å². The minimum Gasteiger partial charge on any atom is -0.381 e. The maximum Gasteiger partial charge on any atom is 0.0494 e. The Morgan fingerprint density at radius 2 is 1.74 bits per heavy atom. The fourth-order valence-electron chi connectivity index (χ4n) is 4.07. The lowest BCUT2D eigenvalue weighted by Crippen LogP contribution is -2.39. The first-order valence-corrected chi connectivity index (χ1v) is 8.73. The van der Waals surface area contributed by atoms with Crippen LogP contribution in [0.1, 0.15) is 64.2 Å². The first-order valence-electron chi connectivity index (χ1n) is 8.73. The smallest absolute Gasteiger partial charge is 0.0494 e. The van der Waals surface area contributed by atoms with Gasteiger partial charge < -0.3 is 10.1 Å². The summed E-state index contributed by atoms with van der Waals surface area (Å²) in [5, 5.41) is 3.78. The molecule has 3 aliphatic rings. The number of hydrogen-bond donors (Lipinski definition) is 1. The third-order valence-corrected chi connectivity index (χ3v) is 5.49. The monoisotopic (exact) mass is 265 g/mol. The van der Waals surface area contributed by atoms with Crippen LogP contribution >= 0.6 is 0 Å². The van der Waals surface area contributed by atoms with Crippen molar-refractivity contribution in [3.63, 3.8) is 0 Å². The van der Waals surface area contributed by atoms with Crippen LogP contribution in [0.2, 0.25) is 0 Å².